The zero-order valence-electron chi connectivity index (χ0n) is 11.0. The summed E-state index contributed by atoms with van der Waals surface area (Å²) in [6, 6.07) is 0. The van der Waals surface area contributed by atoms with Crippen molar-refractivity contribution in [1.29, 1.82) is 0 Å². The van der Waals surface area contributed by atoms with E-state index in [-0.39, 0.29) is 19.8 Å². The second-order valence-corrected chi connectivity index (χ2v) is 4.75. The number of aliphatic hydroxyl groups is 3. The van der Waals surface area contributed by atoms with Gasteiger partial charge >= 0.3 is 0 Å². The van der Waals surface area contributed by atoms with E-state index in [2.05, 4.69) is 6.92 Å². The van der Waals surface area contributed by atoms with Crippen LogP contribution in [-0.4, -0.2) is 48.4 Å². The summed E-state index contributed by atoms with van der Waals surface area (Å²) in [7, 11) is 0. The average molecular weight is 248 g/mol. The molecule has 0 aromatic carbocycles. The van der Waals surface area contributed by atoms with Crippen LogP contribution in [0.2, 0.25) is 0 Å². The fraction of sp³-hybridized carbons (Fsp3) is 1.00. The van der Waals surface area contributed by atoms with Crippen molar-refractivity contribution in [3.63, 3.8) is 0 Å². The van der Waals surface area contributed by atoms with Crippen molar-refractivity contribution in [1.82, 2.24) is 0 Å². The van der Waals surface area contributed by atoms with E-state index in [0.29, 0.717) is 6.42 Å². The van der Waals surface area contributed by atoms with Gasteiger partial charge in [-0.3, -0.25) is 0 Å². The first kappa shape index (κ1) is 16.8. The summed E-state index contributed by atoms with van der Waals surface area (Å²) in [6.07, 6.45) is 6.41. The molecule has 17 heavy (non-hydrogen) atoms. The van der Waals surface area contributed by atoms with Gasteiger partial charge in [-0.05, 0) is 12.8 Å². The van der Waals surface area contributed by atoms with Gasteiger partial charge in [0.05, 0.1) is 19.8 Å². The van der Waals surface area contributed by atoms with Gasteiger partial charge in [0.1, 0.15) is 0 Å². The third-order valence-electron chi connectivity index (χ3n) is 3.14. The maximum Gasteiger partial charge on any atom is 0.0531 e. The third-order valence-corrected chi connectivity index (χ3v) is 3.14. The number of unbranched alkanes of at least 4 members (excludes halogenated alkanes) is 3. The van der Waals surface area contributed by atoms with Gasteiger partial charge in [0.15, 0.2) is 0 Å². The summed E-state index contributed by atoms with van der Waals surface area (Å²) < 4.78 is 4.72. The van der Waals surface area contributed by atoms with Crippen LogP contribution < -0.4 is 0 Å². The van der Waals surface area contributed by atoms with Gasteiger partial charge < -0.3 is 20.1 Å². The Morgan fingerprint density at radius 1 is 0.941 bits per heavy atom. The minimum Gasteiger partial charge on any atom is -0.396 e. The van der Waals surface area contributed by atoms with Crippen LogP contribution in [0.3, 0.4) is 0 Å². The van der Waals surface area contributed by atoms with Crippen molar-refractivity contribution in [2.24, 2.45) is 5.41 Å². The Morgan fingerprint density at radius 3 is 1.71 bits per heavy atom. The largest absolute Gasteiger partial charge is 0.396 e. The standard InChI is InChI=1S/C10H22O3.C3H6O/c1-2-3-4-5-6-10(7-11,8-12)9-13;1-2-4-3-1/h11-13H,2-9H2,1H3;1-3H2. The van der Waals surface area contributed by atoms with Crippen LogP contribution in [0.1, 0.15) is 45.4 Å². The van der Waals surface area contributed by atoms with Crippen LogP contribution in [0.15, 0.2) is 0 Å². The molecule has 0 amide bonds. The second kappa shape index (κ2) is 11.0. The zero-order chi connectivity index (χ0) is 13.0. The van der Waals surface area contributed by atoms with E-state index in [1.807, 2.05) is 0 Å². The monoisotopic (exact) mass is 248 g/mol. The molecule has 0 aromatic heterocycles. The quantitative estimate of drug-likeness (QED) is 0.567. The van der Waals surface area contributed by atoms with Crippen molar-refractivity contribution < 1.29 is 20.1 Å². The topological polar surface area (TPSA) is 69.9 Å². The number of hydrogen-bond donors (Lipinski definition) is 3. The molecule has 1 aliphatic heterocycles. The molecule has 0 aromatic rings. The van der Waals surface area contributed by atoms with Gasteiger partial charge in [-0.25, -0.2) is 0 Å². The Morgan fingerprint density at radius 2 is 1.41 bits per heavy atom. The molecule has 4 nitrogen and oxygen atoms in total. The van der Waals surface area contributed by atoms with E-state index in [4.69, 9.17) is 20.1 Å². The predicted octanol–water partition coefficient (Wildman–Crippen LogP) is 1.33. The van der Waals surface area contributed by atoms with Crippen LogP contribution in [0, 0.1) is 5.41 Å². The van der Waals surface area contributed by atoms with E-state index in [9.17, 15) is 0 Å². The Labute approximate surface area is 105 Å². The van der Waals surface area contributed by atoms with Crippen LogP contribution in [0.25, 0.3) is 0 Å². The van der Waals surface area contributed by atoms with Crippen molar-refractivity contribution in [2.45, 2.75) is 45.4 Å². The second-order valence-electron chi connectivity index (χ2n) is 4.75. The Kier molecular flexibility index (Phi) is 10.9. The molecule has 0 aliphatic carbocycles. The number of ether oxygens (including phenoxy) is 1. The Balaban J connectivity index is 0.000000529. The third kappa shape index (κ3) is 7.71. The summed E-state index contributed by atoms with van der Waals surface area (Å²) in [4.78, 5) is 0. The van der Waals surface area contributed by atoms with Crippen molar-refractivity contribution in [3.05, 3.63) is 0 Å². The summed E-state index contributed by atoms with van der Waals surface area (Å²) in [6.45, 7) is 3.74. The first-order valence-electron chi connectivity index (χ1n) is 6.65. The van der Waals surface area contributed by atoms with E-state index >= 15 is 0 Å². The Bertz CT molecular complexity index is 141. The van der Waals surface area contributed by atoms with Crippen LogP contribution in [0.4, 0.5) is 0 Å². The van der Waals surface area contributed by atoms with Crippen molar-refractivity contribution >= 4 is 0 Å². The fourth-order valence-corrected chi connectivity index (χ4v) is 1.46. The smallest absolute Gasteiger partial charge is 0.0531 e. The lowest BCUT2D eigenvalue weighted by atomic mass is 9.85. The van der Waals surface area contributed by atoms with Gasteiger partial charge in [-0.15, -0.1) is 0 Å². The van der Waals surface area contributed by atoms with Crippen LogP contribution >= 0.6 is 0 Å². The van der Waals surface area contributed by atoms with Crippen LogP contribution in [0.5, 0.6) is 0 Å². The highest BCUT2D eigenvalue weighted by molar-refractivity contribution is 4.76. The average Bonchev–Trinajstić information content (AvgIpc) is 2.28. The molecular formula is C13H28O4. The molecule has 0 saturated carbocycles. The minimum atomic E-state index is -0.659. The summed E-state index contributed by atoms with van der Waals surface area (Å²) >= 11 is 0. The lowest BCUT2D eigenvalue weighted by Gasteiger charge is -2.27. The molecule has 1 rings (SSSR count). The van der Waals surface area contributed by atoms with Gasteiger partial charge in [0, 0.05) is 18.6 Å². The van der Waals surface area contributed by atoms with Gasteiger partial charge in [-0.2, -0.15) is 0 Å². The SMILES string of the molecule is C1COC1.CCCCCCC(CO)(CO)CO. The lowest BCUT2D eigenvalue weighted by molar-refractivity contribution is -0.00227. The predicted molar refractivity (Wildman–Crippen MR) is 67.9 cm³/mol. The number of rotatable bonds is 8. The van der Waals surface area contributed by atoms with Crippen molar-refractivity contribution in [3.8, 4) is 0 Å². The molecule has 0 unspecified atom stereocenters. The molecular weight excluding hydrogens is 220 g/mol. The molecule has 1 saturated heterocycles. The fourth-order valence-electron chi connectivity index (χ4n) is 1.46. The van der Waals surface area contributed by atoms with Gasteiger partial charge in [0.2, 0.25) is 0 Å². The molecule has 1 fully saturated rings. The van der Waals surface area contributed by atoms with E-state index in [1.54, 1.807) is 0 Å². The van der Waals surface area contributed by atoms with E-state index < -0.39 is 5.41 Å². The van der Waals surface area contributed by atoms with E-state index in [0.717, 1.165) is 26.1 Å². The van der Waals surface area contributed by atoms with Crippen molar-refractivity contribution in [2.75, 3.05) is 33.0 Å². The molecule has 104 valence electrons. The first-order chi connectivity index (χ1) is 8.24. The maximum atomic E-state index is 9.01. The zero-order valence-corrected chi connectivity index (χ0v) is 11.0. The normalized spacial score (nSPS) is 14.8. The summed E-state index contributed by atoms with van der Waals surface area (Å²) in [5.74, 6) is 0. The molecule has 1 heterocycles. The summed E-state index contributed by atoms with van der Waals surface area (Å²) in [5.41, 5.74) is -0.659. The van der Waals surface area contributed by atoms with Gasteiger partial charge in [0.25, 0.3) is 0 Å². The number of aliphatic hydroxyl groups excluding tert-OH is 3. The highest BCUT2D eigenvalue weighted by Gasteiger charge is 2.26. The molecule has 0 atom stereocenters. The minimum absolute atomic E-state index is 0.133. The van der Waals surface area contributed by atoms with E-state index in [1.165, 1.54) is 19.3 Å². The Hall–Kier alpha value is -0.160. The molecule has 0 radical (unpaired) electrons. The van der Waals surface area contributed by atoms with Gasteiger partial charge in [-0.1, -0.05) is 32.6 Å². The molecule has 0 bridgehead atoms. The molecule has 1 aliphatic rings. The number of hydrogen-bond acceptors (Lipinski definition) is 4. The highest BCUT2D eigenvalue weighted by atomic mass is 16.5. The first-order valence-corrected chi connectivity index (χ1v) is 6.65. The maximum absolute atomic E-state index is 9.01. The summed E-state index contributed by atoms with van der Waals surface area (Å²) in [5, 5.41) is 27.0. The highest BCUT2D eigenvalue weighted by Crippen LogP contribution is 2.23. The molecule has 3 N–H and O–H groups in total. The van der Waals surface area contributed by atoms with Crippen LogP contribution in [-0.2, 0) is 4.74 Å². The molecule has 0 spiro atoms. The molecule has 4 heteroatoms. The lowest BCUT2D eigenvalue weighted by Crippen LogP contribution is -2.33.